The van der Waals surface area contributed by atoms with Crippen LogP contribution in [0.1, 0.15) is 42.3 Å². The van der Waals surface area contributed by atoms with Gasteiger partial charge in [-0.3, -0.25) is 14.4 Å². The summed E-state index contributed by atoms with van der Waals surface area (Å²) in [4.78, 5) is 38.7. The maximum absolute atomic E-state index is 13.8. The number of fused-ring (bicyclic) bond motifs is 3. The van der Waals surface area contributed by atoms with E-state index in [9.17, 15) is 38.1 Å². The highest BCUT2D eigenvalue weighted by Gasteiger charge is 2.56. The molecule has 2 aliphatic rings. The van der Waals surface area contributed by atoms with E-state index < -0.39 is 50.0 Å². The average molecular weight is 515 g/mol. The number of benzene rings is 2. The molecule has 0 radical (unpaired) electrons. The molecule has 4 rings (SSSR count). The molecule has 2 aromatic carbocycles. The molecule has 36 heavy (non-hydrogen) atoms. The molecule has 2 aromatic rings. The van der Waals surface area contributed by atoms with Crippen molar-refractivity contribution in [3.63, 3.8) is 0 Å². The molecule has 1 atom stereocenters. The zero-order valence-corrected chi connectivity index (χ0v) is 20.4. The van der Waals surface area contributed by atoms with Crippen LogP contribution >= 0.6 is 0 Å². The van der Waals surface area contributed by atoms with Gasteiger partial charge in [0.15, 0.2) is 17.3 Å². The number of hydrogen-bond acceptors (Lipinski definition) is 10. The summed E-state index contributed by atoms with van der Waals surface area (Å²) < 4.78 is 28.7. The van der Waals surface area contributed by atoms with E-state index in [-0.39, 0.29) is 50.1 Å². The first kappa shape index (κ1) is 24.9. The Morgan fingerprint density at radius 3 is 2.31 bits per heavy atom. The molecule has 11 nitrogen and oxygen atoms in total. The van der Waals surface area contributed by atoms with Crippen LogP contribution in [-0.4, -0.2) is 41.1 Å². The quantitative estimate of drug-likeness (QED) is 0.174. The van der Waals surface area contributed by atoms with Crippen molar-refractivity contribution in [1.29, 1.82) is 0 Å². The van der Waals surface area contributed by atoms with Gasteiger partial charge in [-0.15, -0.1) is 0 Å². The van der Waals surface area contributed by atoms with Gasteiger partial charge in [-0.25, -0.2) is 13.6 Å². The van der Waals surface area contributed by atoms with Gasteiger partial charge in [0.25, 0.3) is 0 Å². The van der Waals surface area contributed by atoms with Crippen molar-refractivity contribution in [2.75, 3.05) is 5.32 Å². The number of carbonyl (C=O) groups is 3. The van der Waals surface area contributed by atoms with Crippen LogP contribution in [0.2, 0.25) is 0 Å². The highest BCUT2D eigenvalue weighted by Crippen LogP contribution is 2.57. The van der Waals surface area contributed by atoms with Crippen molar-refractivity contribution in [2.45, 2.75) is 38.0 Å². The number of carbonyl (C=O) groups excluding carboxylic acids is 3. The standard InChI is InChI=1S/C24H22N2O9S/c1-9-20(30)18(11(3)27)22-19(21(9)31)24(4)16(35-22)8-15(29)17(23(24)32)10(2)26-13-6-5-12(7-14(13)28)36(25,33)34/h5-8,26,28,30-31H,1-4H3,(H2,25,33,34). The van der Waals surface area contributed by atoms with Gasteiger partial charge < -0.3 is 25.4 Å². The van der Waals surface area contributed by atoms with E-state index in [0.29, 0.717) is 0 Å². The summed E-state index contributed by atoms with van der Waals surface area (Å²) in [6.07, 6.45) is 1.06. The SMILES string of the molecule is CC(=O)c1c(O)c(C)c(O)c2c1OC1=CC(=O)C(=C(C)Nc3ccc(S(N)(=O)=O)cc3O)C(=O)C12C. The Bertz CT molecular complexity index is 1590. The molecule has 0 saturated carbocycles. The first-order valence-electron chi connectivity index (χ1n) is 10.5. The Hall–Kier alpha value is -4.16. The zero-order chi connectivity index (χ0) is 26.9. The summed E-state index contributed by atoms with van der Waals surface area (Å²) in [5.41, 5.74) is -2.31. The minimum atomic E-state index is -4.07. The summed E-state index contributed by atoms with van der Waals surface area (Å²) >= 11 is 0. The second-order valence-corrected chi connectivity index (χ2v) is 10.3. The molecule has 0 fully saturated rings. The maximum atomic E-state index is 13.8. The van der Waals surface area contributed by atoms with E-state index in [0.717, 1.165) is 18.2 Å². The third kappa shape index (κ3) is 3.45. The molecule has 12 heteroatoms. The number of nitrogens with two attached hydrogens (primary N) is 1. The van der Waals surface area contributed by atoms with Gasteiger partial charge in [0.1, 0.15) is 39.7 Å². The fraction of sp³-hybridized carbons (Fsp3) is 0.208. The Kier molecular flexibility index (Phi) is 5.50. The largest absolute Gasteiger partial charge is 0.507 e. The second kappa shape index (κ2) is 7.93. The van der Waals surface area contributed by atoms with Crippen molar-refractivity contribution in [3.8, 4) is 23.0 Å². The van der Waals surface area contributed by atoms with Gasteiger partial charge in [-0.05, 0) is 39.8 Å². The Labute approximate surface area is 205 Å². The number of phenolic OH excluding ortho intramolecular Hbond substituents is 3. The molecule has 0 spiro atoms. The lowest BCUT2D eigenvalue weighted by molar-refractivity contribution is -0.123. The van der Waals surface area contributed by atoms with Gasteiger partial charge in [0.05, 0.1) is 21.7 Å². The Morgan fingerprint density at radius 1 is 1.11 bits per heavy atom. The molecule has 1 unspecified atom stereocenters. The number of aromatic hydroxyl groups is 3. The minimum absolute atomic E-state index is 0.00141. The monoisotopic (exact) mass is 514 g/mol. The van der Waals surface area contributed by atoms with Crippen LogP contribution in [0.25, 0.3) is 0 Å². The number of nitrogens with one attached hydrogen (secondary N) is 1. The minimum Gasteiger partial charge on any atom is -0.507 e. The van der Waals surface area contributed by atoms with Crippen LogP contribution in [0.5, 0.6) is 23.0 Å². The molecule has 188 valence electrons. The van der Waals surface area contributed by atoms with Gasteiger partial charge >= 0.3 is 0 Å². The number of anilines is 1. The van der Waals surface area contributed by atoms with E-state index in [2.05, 4.69) is 5.32 Å². The lowest BCUT2D eigenvalue weighted by Crippen LogP contribution is -2.40. The third-order valence-electron chi connectivity index (χ3n) is 6.38. The summed E-state index contributed by atoms with van der Waals surface area (Å²) in [5, 5.41) is 39.3. The van der Waals surface area contributed by atoms with E-state index >= 15 is 0 Å². The van der Waals surface area contributed by atoms with Gasteiger partial charge in [0.2, 0.25) is 10.0 Å². The first-order chi connectivity index (χ1) is 16.6. The lowest BCUT2D eigenvalue weighted by Gasteiger charge is -2.29. The number of phenols is 3. The normalized spacial score (nSPS) is 20.3. The van der Waals surface area contributed by atoms with E-state index in [1.807, 2.05) is 0 Å². The molecule has 6 N–H and O–H groups in total. The molecular weight excluding hydrogens is 492 g/mol. The second-order valence-electron chi connectivity index (χ2n) is 8.74. The van der Waals surface area contributed by atoms with Gasteiger partial charge in [-0.1, -0.05) is 0 Å². The summed E-state index contributed by atoms with van der Waals surface area (Å²) in [5.74, 6) is -3.84. The van der Waals surface area contributed by atoms with Crippen molar-refractivity contribution < 1.29 is 42.9 Å². The number of allylic oxidation sites excluding steroid dienone is 4. The molecule has 0 amide bonds. The van der Waals surface area contributed by atoms with Crippen LogP contribution in [0.15, 0.2) is 46.2 Å². The Morgan fingerprint density at radius 2 is 1.75 bits per heavy atom. The number of primary sulfonamides is 1. The predicted molar refractivity (Wildman–Crippen MR) is 126 cm³/mol. The van der Waals surface area contributed by atoms with Crippen molar-refractivity contribution in [3.05, 3.63) is 58.0 Å². The molecule has 0 saturated heterocycles. The molecule has 1 aliphatic carbocycles. The number of ether oxygens (including phenoxy) is 1. The summed E-state index contributed by atoms with van der Waals surface area (Å²) in [6, 6.07) is 3.26. The molecule has 1 aliphatic heterocycles. The van der Waals surface area contributed by atoms with E-state index in [1.165, 1.54) is 33.8 Å². The van der Waals surface area contributed by atoms with Crippen LogP contribution < -0.4 is 15.2 Å². The predicted octanol–water partition coefficient (Wildman–Crippen LogP) is 2.03. The third-order valence-corrected chi connectivity index (χ3v) is 7.29. The summed E-state index contributed by atoms with van der Waals surface area (Å²) in [6.45, 7) is 5.39. The van der Waals surface area contributed by atoms with E-state index in [1.54, 1.807) is 0 Å². The number of Topliss-reactive ketones (excluding diaryl/α,β-unsaturated/α-hetero) is 2. The fourth-order valence-corrected chi connectivity index (χ4v) is 4.95. The highest BCUT2D eigenvalue weighted by atomic mass is 32.2. The highest BCUT2D eigenvalue weighted by molar-refractivity contribution is 7.89. The zero-order valence-electron chi connectivity index (χ0n) is 19.6. The van der Waals surface area contributed by atoms with Crippen molar-refractivity contribution in [1.82, 2.24) is 0 Å². The topological polar surface area (TPSA) is 193 Å². The lowest BCUT2D eigenvalue weighted by atomic mass is 9.70. The van der Waals surface area contributed by atoms with E-state index in [4.69, 9.17) is 9.88 Å². The molecular formula is C24H22N2O9S. The number of sulfonamides is 1. The van der Waals surface area contributed by atoms with Gasteiger partial charge in [-0.2, -0.15) is 0 Å². The maximum Gasteiger partial charge on any atom is 0.238 e. The Balaban J connectivity index is 1.87. The first-order valence-corrected chi connectivity index (χ1v) is 12.1. The van der Waals surface area contributed by atoms with Crippen LogP contribution in [0.4, 0.5) is 5.69 Å². The van der Waals surface area contributed by atoms with Crippen LogP contribution in [0, 0.1) is 6.92 Å². The number of hydrogen-bond donors (Lipinski definition) is 5. The number of rotatable bonds is 4. The smallest absolute Gasteiger partial charge is 0.238 e. The fourth-order valence-electron chi connectivity index (χ4n) is 4.42. The number of ketones is 3. The molecule has 0 bridgehead atoms. The van der Waals surface area contributed by atoms with Gasteiger partial charge in [0, 0.05) is 23.4 Å². The van der Waals surface area contributed by atoms with Crippen LogP contribution in [0.3, 0.4) is 0 Å². The molecule has 0 aromatic heterocycles. The van der Waals surface area contributed by atoms with Crippen LogP contribution in [-0.2, 0) is 25.0 Å². The van der Waals surface area contributed by atoms with Crippen molar-refractivity contribution >= 4 is 33.1 Å². The van der Waals surface area contributed by atoms with Crippen molar-refractivity contribution in [2.24, 2.45) is 5.14 Å². The average Bonchev–Trinajstić information content (AvgIpc) is 3.05. The molecule has 1 heterocycles. The summed E-state index contributed by atoms with van der Waals surface area (Å²) in [7, 11) is -4.07.